The summed E-state index contributed by atoms with van der Waals surface area (Å²) in [5.41, 5.74) is -0.0473. The van der Waals surface area contributed by atoms with Crippen LogP contribution in [0, 0.1) is 6.92 Å². The second kappa shape index (κ2) is 7.45. The van der Waals surface area contributed by atoms with Crippen LogP contribution in [-0.2, 0) is 11.3 Å². The molecule has 0 bridgehead atoms. The zero-order valence-corrected chi connectivity index (χ0v) is 14.9. The predicted octanol–water partition coefficient (Wildman–Crippen LogP) is 2.28. The third-order valence-corrected chi connectivity index (χ3v) is 4.51. The maximum Gasteiger partial charge on any atom is 0.244 e. The fraction of sp³-hybridized carbons (Fsp3) is 0.444. The van der Waals surface area contributed by atoms with Crippen molar-refractivity contribution in [1.29, 1.82) is 0 Å². The van der Waals surface area contributed by atoms with E-state index in [0.717, 1.165) is 12.0 Å². The van der Waals surface area contributed by atoms with E-state index in [1.165, 1.54) is 0 Å². The number of aryl methyl sites for hydroxylation is 1. The first-order valence-electron chi connectivity index (χ1n) is 8.31. The molecule has 6 nitrogen and oxygen atoms in total. The molecule has 1 N–H and O–H groups in total. The Morgan fingerprint density at radius 1 is 1.48 bits per heavy atom. The molecule has 1 aliphatic rings. The maximum absolute atomic E-state index is 12.5. The van der Waals surface area contributed by atoms with Crippen LogP contribution in [0.3, 0.4) is 0 Å². The lowest BCUT2D eigenvalue weighted by molar-refractivity contribution is -0.140. The first-order chi connectivity index (χ1) is 11.9. The summed E-state index contributed by atoms with van der Waals surface area (Å²) in [5, 5.41) is 15.5. The number of hydrogen-bond acceptors (Lipinski definition) is 4. The van der Waals surface area contributed by atoms with Gasteiger partial charge in [-0.3, -0.25) is 9.48 Å². The normalized spacial score (nSPS) is 20.5. The van der Waals surface area contributed by atoms with Crippen molar-refractivity contribution in [3.63, 3.8) is 0 Å². The van der Waals surface area contributed by atoms with Crippen LogP contribution < -0.4 is 4.74 Å². The summed E-state index contributed by atoms with van der Waals surface area (Å²) in [5.74, 6) is 0.556. The highest BCUT2D eigenvalue weighted by Gasteiger charge is 2.36. The highest BCUT2D eigenvalue weighted by Crippen LogP contribution is 2.24. The number of piperidine rings is 1. The minimum Gasteiger partial charge on any atom is -0.490 e. The standard InChI is InChI=1S/C18H22ClN3O3/c1-14-9-20-22(10-14)11-17(23)21-7-3-6-18(24,12-21)13-25-16-5-2-4-15(19)8-16/h2,4-5,8-10,24H,3,6-7,11-13H2,1H3. The van der Waals surface area contributed by atoms with Crippen molar-refractivity contribution in [2.24, 2.45) is 0 Å². The number of benzene rings is 1. The van der Waals surface area contributed by atoms with Crippen molar-refractivity contribution in [3.8, 4) is 5.75 Å². The lowest BCUT2D eigenvalue weighted by Crippen LogP contribution is -2.53. The molecule has 1 atom stereocenters. The number of carbonyl (C=O) groups is 1. The van der Waals surface area contributed by atoms with Gasteiger partial charge in [0.2, 0.25) is 5.91 Å². The molecule has 1 saturated heterocycles. The van der Waals surface area contributed by atoms with Gasteiger partial charge < -0.3 is 14.7 Å². The van der Waals surface area contributed by atoms with E-state index in [1.54, 1.807) is 40.0 Å². The lowest BCUT2D eigenvalue weighted by Gasteiger charge is -2.39. The molecule has 2 heterocycles. The van der Waals surface area contributed by atoms with Crippen molar-refractivity contribution in [3.05, 3.63) is 47.2 Å². The molecular formula is C18H22ClN3O3. The molecule has 25 heavy (non-hydrogen) atoms. The molecular weight excluding hydrogens is 342 g/mol. The number of halogens is 1. The van der Waals surface area contributed by atoms with Gasteiger partial charge in [-0.25, -0.2) is 0 Å². The minimum absolute atomic E-state index is 0.0519. The quantitative estimate of drug-likeness (QED) is 0.885. The molecule has 1 aromatic heterocycles. The molecule has 1 aromatic carbocycles. The first kappa shape index (κ1) is 17.8. The van der Waals surface area contributed by atoms with E-state index in [0.29, 0.717) is 23.7 Å². The first-order valence-corrected chi connectivity index (χ1v) is 8.69. The summed E-state index contributed by atoms with van der Waals surface area (Å²) in [6, 6.07) is 7.06. The van der Waals surface area contributed by atoms with E-state index in [4.69, 9.17) is 16.3 Å². The Balaban J connectivity index is 1.58. The molecule has 0 radical (unpaired) electrons. The van der Waals surface area contributed by atoms with Crippen LogP contribution in [0.5, 0.6) is 5.75 Å². The minimum atomic E-state index is -1.06. The van der Waals surface area contributed by atoms with E-state index in [2.05, 4.69) is 5.10 Å². The molecule has 0 spiro atoms. The third-order valence-electron chi connectivity index (χ3n) is 4.27. The van der Waals surface area contributed by atoms with Crippen LogP contribution in [0.2, 0.25) is 5.02 Å². The van der Waals surface area contributed by atoms with E-state index < -0.39 is 5.60 Å². The highest BCUT2D eigenvalue weighted by atomic mass is 35.5. The summed E-state index contributed by atoms with van der Waals surface area (Å²) < 4.78 is 7.31. The zero-order valence-electron chi connectivity index (χ0n) is 14.2. The number of ether oxygens (including phenoxy) is 1. The summed E-state index contributed by atoms with van der Waals surface area (Å²) in [4.78, 5) is 14.2. The van der Waals surface area contributed by atoms with Crippen LogP contribution >= 0.6 is 11.6 Å². The van der Waals surface area contributed by atoms with Gasteiger partial charge in [0, 0.05) is 17.8 Å². The van der Waals surface area contributed by atoms with Crippen LogP contribution in [-0.4, -0.2) is 51.0 Å². The monoisotopic (exact) mass is 363 g/mol. The van der Waals surface area contributed by atoms with Crippen molar-refractivity contribution in [2.75, 3.05) is 19.7 Å². The van der Waals surface area contributed by atoms with Crippen molar-refractivity contribution >= 4 is 17.5 Å². The SMILES string of the molecule is Cc1cnn(CC(=O)N2CCCC(O)(COc3cccc(Cl)c3)C2)c1. The van der Waals surface area contributed by atoms with E-state index in [9.17, 15) is 9.90 Å². The predicted molar refractivity (Wildman–Crippen MR) is 94.7 cm³/mol. The zero-order chi connectivity index (χ0) is 17.9. The Morgan fingerprint density at radius 2 is 2.32 bits per heavy atom. The largest absolute Gasteiger partial charge is 0.490 e. The molecule has 7 heteroatoms. The summed E-state index contributed by atoms with van der Waals surface area (Å²) in [6.45, 7) is 3.13. The molecule has 2 aromatic rings. The number of likely N-dealkylation sites (tertiary alicyclic amines) is 1. The molecule has 3 rings (SSSR count). The smallest absolute Gasteiger partial charge is 0.244 e. The number of aromatic nitrogens is 2. The van der Waals surface area contributed by atoms with Gasteiger partial charge in [0.25, 0.3) is 0 Å². The topological polar surface area (TPSA) is 67.6 Å². The van der Waals surface area contributed by atoms with Gasteiger partial charge in [-0.1, -0.05) is 17.7 Å². The Labute approximate surface area is 152 Å². The van der Waals surface area contributed by atoms with Gasteiger partial charge in [0.05, 0.1) is 12.7 Å². The molecule has 1 amide bonds. The second-order valence-electron chi connectivity index (χ2n) is 6.60. The van der Waals surface area contributed by atoms with E-state index in [-0.39, 0.29) is 25.6 Å². The molecule has 1 aliphatic heterocycles. The third kappa shape index (κ3) is 4.74. The van der Waals surface area contributed by atoms with Crippen molar-refractivity contribution in [1.82, 2.24) is 14.7 Å². The lowest BCUT2D eigenvalue weighted by atomic mass is 9.93. The van der Waals surface area contributed by atoms with Crippen LogP contribution in [0.15, 0.2) is 36.7 Å². The van der Waals surface area contributed by atoms with Crippen molar-refractivity contribution in [2.45, 2.75) is 31.9 Å². The van der Waals surface area contributed by atoms with Gasteiger partial charge >= 0.3 is 0 Å². The highest BCUT2D eigenvalue weighted by molar-refractivity contribution is 6.30. The Hall–Kier alpha value is -2.05. The second-order valence-corrected chi connectivity index (χ2v) is 7.04. The molecule has 0 aliphatic carbocycles. The Kier molecular flexibility index (Phi) is 5.30. The number of hydrogen-bond donors (Lipinski definition) is 1. The average Bonchev–Trinajstić information content (AvgIpc) is 2.98. The molecule has 134 valence electrons. The van der Waals surface area contributed by atoms with Gasteiger partial charge in [0.15, 0.2) is 0 Å². The summed E-state index contributed by atoms with van der Waals surface area (Å²) in [6.07, 6.45) is 4.88. The van der Waals surface area contributed by atoms with E-state index in [1.807, 2.05) is 13.1 Å². The van der Waals surface area contributed by atoms with Crippen molar-refractivity contribution < 1.29 is 14.6 Å². The van der Waals surface area contributed by atoms with Crippen LogP contribution in [0.25, 0.3) is 0 Å². The van der Waals surface area contributed by atoms with Gasteiger partial charge in [-0.2, -0.15) is 5.10 Å². The van der Waals surface area contributed by atoms with E-state index >= 15 is 0 Å². The number of β-amino-alcohol motifs (C(OH)–C–C–N with tert-alkyl or cyclic N) is 1. The number of carbonyl (C=O) groups excluding carboxylic acids is 1. The van der Waals surface area contributed by atoms with Crippen LogP contribution in [0.4, 0.5) is 0 Å². The number of amides is 1. The molecule has 0 saturated carbocycles. The fourth-order valence-corrected chi connectivity index (χ4v) is 3.19. The maximum atomic E-state index is 12.5. The summed E-state index contributed by atoms with van der Waals surface area (Å²) in [7, 11) is 0. The molecule has 1 unspecified atom stereocenters. The average molecular weight is 364 g/mol. The number of aliphatic hydroxyl groups is 1. The number of nitrogens with zero attached hydrogens (tertiary/aromatic N) is 3. The van der Waals surface area contributed by atoms with Gasteiger partial charge in [0.1, 0.15) is 24.5 Å². The fourth-order valence-electron chi connectivity index (χ4n) is 3.01. The Bertz CT molecular complexity index is 749. The van der Waals surface area contributed by atoms with Gasteiger partial charge in [-0.15, -0.1) is 0 Å². The Morgan fingerprint density at radius 3 is 3.04 bits per heavy atom. The summed E-state index contributed by atoms with van der Waals surface area (Å²) >= 11 is 5.94. The molecule has 1 fully saturated rings. The van der Waals surface area contributed by atoms with Crippen LogP contribution in [0.1, 0.15) is 18.4 Å². The number of rotatable bonds is 5. The van der Waals surface area contributed by atoms with Gasteiger partial charge in [-0.05, 0) is 43.5 Å².